The quantitative estimate of drug-likeness (QED) is 0.537. The molecular formula is C9H6F2O3. The Balaban J connectivity index is 3.30. The van der Waals surface area contributed by atoms with Gasteiger partial charge in [-0.25, -0.2) is 13.6 Å². The molecule has 0 aliphatic rings. The topological polar surface area (TPSA) is 43.4 Å². The summed E-state index contributed by atoms with van der Waals surface area (Å²) in [5, 5.41) is 0. The molecule has 0 saturated carbocycles. The molecule has 0 N–H and O–H groups in total. The standard InChI is InChI=1S/C9H6F2O3/c1-14-9(13)6-2-5(4-12)7(10)3-8(6)11/h2-4H,1H3. The fraction of sp³-hybridized carbons (Fsp3) is 0.111. The molecule has 0 saturated heterocycles. The van der Waals surface area contributed by atoms with Gasteiger partial charge in [-0.1, -0.05) is 0 Å². The molecule has 0 fully saturated rings. The van der Waals surface area contributed by atoms with Crippen molar-refractivity contribution >= 4 is 12.3 Å². The summed E-state index contributed by atoms with van der Waals surface area (Å²) in [5.41, 5.74) is -0.845. The van der Waals surface area contributed by atoms with E-state index < -0.39 is 23.2 Å². The highest BCUT2D eigenvalue weighted by molar-refractivity contribution is 5.91. The third kappa shape index (κ3) is 1.76. The molecule has 0 unspecified atom stereocenters. The highest BCUT2D eigenvalue weighted by Gasteiger charge is 2.15. The van der Waals surface area contributed by atoms with Crippen molar-refractivity contribution in [2.45, 2.75) is 0 Å². The van der Waals surface area contributed by atoms with E-state index in [0.717, 1.165) is 13.2 Å². The SMILES string of the molecule is COC(=O)c1cc(C=O)c(F)cc1F. The summed E-state index contributed by atoms with van der Waals surface area (Å²) in [6.07, 6.45) is 0.196. The second-order valence-corrected chi connectivity index (χ2v) is 2.46. The molecule has 1 rings (SSSR count). The van der Waals surface area contributed by atoms with Crippen LogP contribution >= 0.6 is 0 Å². The Hall–Kier alpha value is -1.78. The van der Waals surface area contributed by atoms with Crippen LogP contribution in [0.25, 0.3) is 0 Å². The first-order valence-electron chi connectivity index (χ1n) is 3.62. The Bertz CT molecular complexity index is 388. The van der Waals surface area contributed by atoms with Crippen LogP contribution in [-0.2, 0) is 4.74 Å². The molecule has 0 radical (unpaired) electrons. The smallest absolute Gasteiger partial charge is 0.340 e. The van der Waals surface area contributed by atoms with Gasteiger partial charge in [0.2, 0.25) is 0 Å². The highest BCUT2D eigenvalue weighted by Crippen LogP contribution is 2.14. The molecule has 0 aliphatic heterocycles. The summed E-state index contributed by atoms with van der Waals surface area (Å²) >= 11 is 0. The third-order valence-corrected chi connectivity index (χ3v) is 1.62. The highest BCUT2D eigenvalue weighted by atomic mass is 19.1. The van der Waals surface area contributed by atoms with Crippen LogP contribution in [0, 0.1) is 11.6 Å². The zero-order chi connectivity index (χ0) is 10.7. The lowest BCUT2D eigenvalue weighted by molar-refractivity contribution is 0.0595. The van der Waals surface area contributed by atoms with E-state index in [1.165, 1.54) is 0 Å². The molecule has 0 aliphatic carbocycles. The van der Waals surface area contributed by atoms with Gasteiger partial charge >= 0.3 is 5.97 Å². The van der Waals surface area contributed by atoms with Crippen molar-refractivity contribution in [3.05, 3.63) is 34.9 Å². The van der Waals surface area contributed by atoms with Crippen molar-refractivity contribution in [2.24, 2.45) is 0 Å². The molecule has 0 spiro atoms. The first kappa shape index (κ1) is 10.3. The second kappa shape index (κ2) is 3.95. The van der Waals surface area contributed by atoms with Gasteiger partial charge in [0.25, 0.3) is 0 Å². The summed E-state index contributed by atoms with van der Waals surface area (Å²) in [6.45, 7) is 0. The summed E-state index contributed by atoms with van der Waals surface area (Å²) in [6, 6.07) is 1.28. The van der Waals surface area contributed by atoms with Crippen molar-refractivity contribution in [2.75, 3.05) is 7.11 Å². The molecule has 0 aromatic heterocycles. The number of rotatable bonds is 2. The average molecular weight is 200 g/mol. The van der Waals surface area contributed by atoms with Gasteiger partial charge in [-0.3, -0.25) is 4.79 Å². The number of methoxy groups -OCH3 is 1. The average Bonchev–Trinajstić information content (AvgIpc) is 2.17. The second-order valence-electron chi connectivity index (χ2n) is 2.46. The maximum absolute atomic E-state index is 12.9. The maximum Gasteiger partial charge on any atom is 0.340 e. The minimum atomic E-state index is -1.06. The third-order valence-electron chi connectivity index (χ3n) is 1.62. The Morgan fingerprint density at radius 1 is 1.36 bits per heavy atom. The molecule has 1 aromatic rings. The minimum Gasteiger partial charge on any atom is -0.465 e. The zero-order valence-electron chi connectivity index (χ0n) is 7.21. The lowest BCUT2D eigenvalue weighted by Crippen LogP contribution is -2.06. The van der Waals surface area contributed by atoms with Crippen molar-refractivity contribution in [1.29, 1.82) is 0 Å². The van der Waals surface area contributed by atoms with Crippen LogP contribution in [0.1, 0.15) is 20.7 Å². The van der Waals surface area contributed by atoms with Crippen LogP contribution in [0.4, 0.5) is 8.78 Å². The number of carbonyl (C=O) groups excluding carboxylic acids is 2. The van der Waals surface area contributed by atoms with Gasteiger partial charge in [-0.15, -0.1) is 0 Å². The van der Waals surface area contributed by atoms with Crippen LogP contribution < -0.4 is 0 Å². The summed E-state index contributed by atoms with van der Waals surface area (Å²) in [7, 11) is 1.06. The van der Waals surface area contributed by atoms with Crippen LogP contribution in [0.3, 0.4) is 0 Å². The van der Waals surface area contributed by atoms with Crippen LogP contribution in [0.2, 0.25) is 0 Å². The first-order chi connectivity index (χ1) is 6.60. The molecule has 3 nitrogen and oxygen atoms in total. The number of hydrogen-bond acceptors (Lipinski definition) is 3. The van der Waals surface area contributed by atoms with Crippen LogP contribution in [-0.4, -0.2) is 19.4 Å². The normalized spacial score (nSPS) is 9.64. The van der Waals surface area contributed by atoms with Crippen molar-refractivity contribution in [3.8, 4) is 0 Å². The van der Waals surface area contributed by atoms with Crippen LogP contribution in [0.5, 0.6) is 0 Å². The zero-order valence-corrected chi connectivity index (χ0v) is 7.21. The Morgan fingerprint density at radius 2 is 2.00 bits per heavy atom. The predicted octanol–water partition coefficient (Wildman–Crippen LogP) is 1.56. The van der Waals surface area contributed by atoms with E-state index in [4.69, 9.17) is 0 Å². The molecule has 14 heavy (non-hydrogen) atoms. The molecule has 0 bridgehead atoms. The maximum atomic E-state index is 12.9. The van der Waals surface area contributed by atoms with Crippen LogP contribution in [0.15, 0.2) is 12.1 Å². The summed E-state index contributed by atoms with van der Waals surface area (Å²) < 4.78 is 30.0. The monoisotopic (exact) mass is 200 g/mol. The molecule has 5 heteroatoms. The lowest BCUT2D eigenvalue weighted by atomic mass is 10.1. The molecule has 0 amide bonds. The van der Waals surface area contributed by atoms with Gasteiger partial charge in [0.15, 0.2) is 6.29 Å². The van der Waals surface area contributed by atoms with Crippen molar-refractivity contribution in [1.82, 2.24) is 0 Å². The van der Waals surface area contributed by atoms with Gasteiger partial charge < -0.3 is 4.74 Å². The molecular weight excluding hydrogens is 194 g/mol. The van der Waals surface area contributed by atoms with Gasteiger partial charge in [-0.05, 0) is 6.07 Å². The lowest BCUT2D eigenvalue weighted by Gasteiger charge is -2.02. The molecule has 74 valence electrons. The van der Waals surface area contributed by atoms with E-state index in [1.54, 1.807) is 0 Å². The fourth-order valence-corrected chi connectivity index (χ4v) is 0.922. The van der Waals surface area contributed by atoms with E-state index in [-0.39, 0.29) is 11.8 Å². The first-order valence-corrected chi connectivity index (χ1v) is 3.62. The number of aldehydes is 1. The van der Waals surface area contributed by atoms with E-state index >= 15 is 0 Å². The Morgan fingerprint density at radius 3 is 2.50 bits per heavy atom. The van der Waals surface area contributed by atoms with E-state index in [0.29, 0.717) is 6.07 Å². The summed E-state index contributed by atoms with van der Waals surface area (Å²) in [5.74, 6) is -3.02. The largest absolute Gasteiger partial charge is 0.465 e. The number of benzene rings is 1. The van der Waals surface area contributed by atoms with Crippen molar-refractivity contribution in [3.63, 3.8) is 0 Å². The van der Waals surface area contributed by atoms with E-state index in [1.807, 2.05) is 0 Å². The molecule has 0 heterocycles. The molecule has 0 atom stereocenters. The van der Waals surface area contributed by atoms with Gasteiger partial charge in [0.1, 0.15) is 11.6 Å². The molecule has 1 aromatic carbocycles. The van der Waals surface area contributed by atoms with Crippen molar-refractivity contribution < 1.29 is 23.1 Å². The predicted molar refractivity (Wildman–Crippen MR) is 43.1 cm³/mol. The number of hydrogen-bond donors (Lipinski definition) is 0. The number of carbonyl (C=O) groups is 2. The van der Waals surface area contributed by atoms with Gasteiger partial charge in [0, 0.05) is 6.07 Å². The van der Waals surface area contributed by atoms with Gasteiger partial charge in [0.05, 0.1) is 18.2 Å². The Kier molecular flexibility index (Phi) is 2.91. The van der Waals surface area contributed by atoms with E-state index in [9.17, 15) is 18.4 Å². The van der Waals surface area contributed by atoms with Gasteiger partial charge in [-0.2, -0.15) is 0 Å². The minimum absolute atomic E-state index is 0.196. The fourth-order valence-electron chi connectivity index (χ4n) is 0.922. The van der Waals surface area contributed by atoms with E-state index in [2.05, 4.69) is 4.74 Å². The Labute approximate surface area is 78.3 Å². The summed E-state index contributed by atoms with van der Waals surface area (Å²) in [4.78, 5) is 21.2. The number of halogens is 2. The number of ether oxygens (including phenoxy) is 1. The number of esters is 1.